The van der Waals surface area contributed by atoms with Gasteiger partial charge in [-0.1, -0.05) is 43.7 Å². The fourth-order valence-corrected chi connectivity index (χ4v) is 6.21. The molecule has 2 aromatic rings. The van der Waals surface area contributed by atoms with Crippen LogP contribution in [-0.4, -0.2) is 65.4 Å². The molecule has 0 radical (unpaired) electrons. The second-order valence-corrected chi connectivity index (χ2v) is 11.6. The number of aliphatic hydroxyl groups is 2. The maximum Gasteiger partial charge on any atom is 0.165 e. The Labute approximate surface area is 214 Å². The highest BCUT2D eigenvalue weighted by Crippen LogP contribution is 2.41. The van der Waals surface area contributed by atoms with Crippen LogP contribution in [0.3, 0.4) is 0 Å². The van der Waals surface area contributed by atoms with E-state index in [1.54, 1.807) is 6.07 Å². The van der Waals surface area contributed by atoms with Gasteiger partial charge in [-0.2, -0.15) is 0 Å². The third-order valence-electron chi connectivity index (χ3n) is 8.77. The van der Waals surface area contributed by atoms with E-state index in [-0.39, 0.29) is 18.5 Å². The molecule has 36 heavy (non-hydrogen) atoms. The molecule has 0 amide bonds. The summed E-state index contributed by atoms with van der Waals surface area (Å²) in [4.78, 5) is 4.55. The van der Waals surface area contributed by atoms with E-state index < -0.39 is 6.23 Å². The van der Waals surface area contributed by atoms with Crippen molar-refractivity contribution in [3.63, 3.8) is 0 Å². The molecule has 2 N–H and O–H groups in total. The number of ether oxygens (including phenoxy) is 1. The lowest BCUT2D eigenvalue weighted by Gasteiger charge is -2.44. The largest absolute Gasteiger partial charge is 0.490 e. The van der Waals surface area contributed by atoms with Crippen molar-refractivity contribution >= 4 is 0 Å². The Morgan fingerprint density at radius 3 is 2.36 bits per heavy atom. The van der Waals surface area contributed by atoms with Gasteiger partial charge < -0.3 is 19.8 Å². The number of benzene rings is 2. The summed E-state index contributed by atoms with van der Waals surface area (Å²) in [5, 5.41) is 20.3. The topological polar surface area (TPSA) is 56.2 Å². The third kappa shape index (κ3) is 5.77. The van der Waals surface area contributed by atoms with Crippen LogP contribution in [0.2, 0.25) is 0 Å². The number of piperidine rings is 1. The molecule has 6 heteroatoms. The SMILES string of the molecule is CC1(CN2CCC(COc3ccc(-c4ccc(C(O)N5CCCC5CO)cc4)cc3F)CC2)CCC1. The fraction of sp³-hybridized carbons (Fsp3) is 0.600. The second-order valence-electron chi connectivity index (χ2n) is 11.6. The Bertz CT molecular complexity index is 1000. The predicted octanol–water partition coefficient (Wildman–Crippen LogP) is 5.22. The van der Waals surface area contributed by atoms with Crippen molar-refractivity contribution in [2.45, 2.75) is 64.1 Å². The molecule has 2 unspecified atom stereocenters. The fourth-order valence-electron chi connectivity index (χ4n) is 6.21. The molecule has 2 aromatic carbocycles. The molecule has 196 valence electrons. The second kappa shape index (κ2) is 11.2. The molecule has 5 rings (SSSR count). The number of rotatable bonds is 9. The highest BCUT2D eigenvalue weighted by molar-refractivity contribution is 5.64. The Hall–Kier alpha value is -1.99. The van der Waals surface area contributed by atoms with E-state index >= 15 is 0 Å². The third-order valence-corrected chi connectivity index (χ3v) is 8.77. The van der Waals surface area contributed by atoms with Gasteiger partial charge in [0.15, 0.2) is 11.6 Å². The molecule has 2 atom stereocenters. The van der Waals surface area contributed by atoms with Gasteiger partial charge in [-0.3, -0.25) is 4.90 Å². The summed E-state index contributed by atoms with van der Waals surface area (Å²) in [6.45, 7) is 7.28. The van der Waals surface area contributed by atoms with Gasteiger partial charge >= 0.3 is 0 Å². The Balaban J connectivity index is 1.13. The summed E-state index contributed by atoms with van der Waals surface area (Å²) in [6.07, 6.45) is 7.48. The van der Waals surface area contributed by atoms with Crippen molar-refractivity contribution in [2.24, 2.45) is 11.3 Å². The van der Waals surface area contributed by atoms with E-state index in [4.69, 9.17) is 4.74 Å². The first kappa shape index (κ1) is 25.7. The van der Waals surface area contributed by atoms with Crippen LogP contribution in [0, 0.1) is 17.2 Å². The van der Waals surface area contributed by atoms with Crippen molar-refractivity contribution in [3.05, 3.63) is 53.8 Å². The predicted molar refractivity (Wildman–Crippen MR) is 140 cm³/mol. The molecular formula is C30H41FN2O3. The minimum atomic E-state index is -0.737. The van der Waals surface area contributed by atoms with Gasteiger partial charge in [-0.25, -0.2) is 4.39 Å². The molecule has 3 aliphatic rings. The lowest BCUT2D eigenvalue weighted by molar-refractivity contribution is -0.0203. The van der Waals surface area contributed by atoms with E-state index in [1.165, 1.54) is 31.9 Å². The van der Waals surface area contributed by atoms with Gasteiger partial charge in [0.2, 0.25) is 0 Å². The monoisotopic (exact) mass is 496 g/mol. The lowest BCUT2D eigenvalue weighted by Crippen LogP contribution is -2.44. The van der Waals surface area contributed by atoms with E-state index in [2.05, 4.69) is 11.8 Å². The number of halogens is 1. The number of aliphatic hydroxyl groups excluding tert-OH is 2. The molecule has 3 fully saturated rings. The summed E-state index contributed by atoms with van der Waals surface area (Å²) in [5.74, 6) is 0.462. The Morgan fingerprint density at radius 2 is 1.72 bits per heavy atom. The van der Waals surface area contributed by atoms with E-state index in [9.17, 15) is 14.6 Å². The standard InChI is InChI=1S/C30H41FN2O3/c1-30(13-3-14-30)21-32-16-11-22(12-17-32)20-36-28-10-9-25(18-27(28)31)23-5-7-24(8-6-23)29(35)33-15-2-4-26(33)19-34/h5-10,18,22,26,29,34-35H,2-4,11-17,19-21H2,1H3. The molecular weight excluding hydrogens is 455 g/mol. The van der Waals surface area contributed by atoms with Crippen LogP contribution < -0.4 is 4.74 Å². The van der Waals surface area contributed by atoms with Crippen molar-refractivity contribution in [1.82, 2.24) is 9.80 Å². The van der Waals surface area contributed by atoms with Gasteiger partial charge in [-0.05, 0) is 91.8 Å². The molecule has 2 saturated heterocycles. The summed E-state index contributed by atoms with van der Waals surface area (Å²) in [7, 11) is 0. The average Bonchev–Trinajstić information content (AvgIpc) is 3.36. The van der Waals surface area contributed by atoms with E-state index in [0.717, 1.165) is 62.0 Å². The van der Waals surface area contributed by atoms with Crippen LogP contribution in [0.4, 0.5) is 4.39 Å². The summed E-state index contributed by atoms with van der Waals surface area (Å²) < 4.78 is 20.8. The first-order valence-corrected chi connectivity index (χ1v) is 13.7. The van der Waals surface area contributed by atoms with Crippen LogP contribution in [-0.2, 0) is 0 Å². The Kier molecular flexibility index (Phi) is 7.96. The van der Waals surface area contributed by atoms with Crippen LogP contribution in [0.25, 0.3) is 11.1 Å². The van der Waals surface area contributed by atoms with E-state index in [1.807, 2.05) is 35.2 Å². The number of hydrogen-bond acceptors (Lipinski definition) is 5. The quantitative estimate of drug-likeness (QED) is 0.499. The first-order chi connectivity index (χ1) is 17.4. The number of hydrogen-bond donors (Lipinski definition) is 2. The van der Waals surface area contributed by atoms with Crippen LogP contribution in [0.15, 0.2) is 42.5 Å². The highest BCUT2D eigenvalue weighted by atomic mass is 19.1. The summed E-state index contributed by atoms with van der Waals surface area (Å²) >= 11 is 0. The van der Waals surface area contributed by atoms with Crippen molar-refractivity contribution in [3.8, 4) is 16.9 Å². The minimum Gasteiger partial charge on any atom is -0.490 e. The zero-order valence-corrected chi connectivity index (χ0v) is 21.5. The normalized spacial score (nSPS) is 23.9. The van der Waals surface area contributed by atoms with E-state index in [0.29, 0.717) is 23.7 Å². The first-order valence-electron chi connectivity index (χ1n) is 13.7. The molecule has 2 aliphatic heterocycles. The number of nitrogens with zero attached hydrogens (tertiary/aromatic N) is 2. The maximum atomic E-state index is 14.9. The van der Waals surface area contributed by atoms with Crippen LogP contribution in [0.1, 0.15) is 63.7 Å². The Morgan fingerprint density at radius 1 is 1.00 bits per heavy atom. The molecule has 5 nitrogen and oxygen atoms in total. The van der Waals surface area contributed by atoms with Crippen LogP contribution >= 0.6 is 0 Å². The average molecular weight is 497 g/mol. The summed E-state index contributed by atoms with van der Waals surface area (Å²) in [6, 6.07) is 12.8. The molecule has 0 bridgehead atoms. The van der Waals surface area contributed by atoms with Gasteiger partial charge in [0, 0.05) is 19.1 Å². The maximum absolute atomic E-state index is 14.9. The van der Waals surface area contributed by atoms with Gasteiger partial charge in [0.25, 0.3) is 0 Å². The minimum absolute atomic E-state index is 0.00430. The molecule has 1 aliphatic carbocycles. The zero-order chi connectivity index (χ0) is 25.1. The van der Waals surface area contributed by atoms with Gasteiger partial charge in [0.1, 0.15) is 6.23 Å². The highest BCUT2D eigenvalue weighted by Gasteiger charge is 2.34. The molecule has 2 heterocycles. The van der Waals surface area contributed by atoms with Crippen LogP contribution in [0.5, 0.6) is 5.75 Å². The lowest BCUT2D eigenvalue weighted by atomic mass is 9.70. The van der Waals surface area contributed by atoms with Gasteiger partial charge in [0.05, 0.1) is 13.2 Å². The zero-order valence-electron chi connectivity index (χ0n) is 21.5. The van der Waals surface area contributed by atoms with Crippen molar-refractivity contribution < 1.29 is 19.3 Å². The smallest absolute Gasteiger partial charge is 0.165 e. The van der Waals surface area contributed by atoms with Gasteiger partial charge in [-0.15, -0.1) is 0 Å². The number of likely N-dealkylation sites (tertiary alicyclic amines) is 2. The molecule has 0 aromatic heterocycles. The molecule has 1 saturated carbocycles. The molecule has 0 spiro atoms. The van der Waals surface area contributed by atoms with Crippen molar-refractivity contribution in [1.29, 1.82) is 0 Å². The van der Waals surface area contributed by atoms with Crippen molar-refractivity contribution in [2.75, 3.05) is 39.4 Å². The summed E-state index contributed by atoms with van der Waals surface area (Å²) in [5.41, 5.74) is 3.00.